The van der Waals surface area contributed by atoms with Crippen LogP contribution < -0.4 is 0 Å². The predicted molar refractivity (Wildman–Crippen MR) is 81.5 cm³/mol. The van der Waals surface area contributed by atoms with Gasteiger partial charge in [-0.2, -0.15) is 9.78 Å². The molecule has 1 aromatic carbocycles. The molecular formula is C14H9N5O2S. The summed E-state index contributed by atoms with van der Waals surface area (Å²) in [4.78, 5) is 24.2. The molecule has 4 rings (SSSR count). The smallest absolute Gasteiger partial charge is 0.355 e. The Morgan fingerprint density at radius 1 is 1.18 bits per heavy atom. The number of aromatic nitrogens is 5. The fourth-order valence-corrected chi connectivity index (χ4v) is 2.97. The number of fused-ring (bicyclic) bond motifs is 2. The number of hydrogen-bond donors (Lipinski definition) is 1. The minimum atomic E-state index is -1.06. The predicted octanol–water partition coefficient (Wildman–Crippen LogP) is 2.43. The third kappa shape index (κ3) is 1.85. The first kappa shape index (κ1) is 12.8. The maximum Gasteiger partial charge on any atom is 0.355 e. The van der Waals surface area contributed by atoms with Crippen LogP contribution in [-0.4, -0.2) is 35.8 Å². The fourth-order valence-electron chi connectivity index (χ4n) is 2.22. The first-order valence-electron chi connectivity index (χ1n) is 6.45. The lowest BCUT2D eigenvalue weighted by Crippen LogP contribution is -2.01. The summed E-state index contributed by atoms with van der Waals surface area (Å²) in [6, 6.07) is 7.56. The van der Waals surface area contributed by atoms with E-state index >= 15 is 0 Å². The van der Waals surface area contributed by atoms with E-state index in [2.05, 4.69) is 20.1 Å². The summed E-state index contributed by atoms with van der Waals surface area (Å²) in [5.41, 5.74) is 3.53. The Balaban J connectivity index is 2.00. The quantitative estimate of drug-likeness (QED) is 0.611. The van der Waals surface area contributed by atoms with E-state index in [-0.39, 0.29) is 5.69 Å². The van der Waals surface area contributed by atoms with Crippen LogP contribution in [0.1, 0.15) is 16.2 Å². The van der Waals surface area contributed by atoms with Crippen molar-refractivity contribution in [3.8, 4) is 5.13 Å². The van der Waals surface area contributed by atoms with Crippen LogP contribution in [0.3, 0.4) is 0 Å². The van der Waals surface area contributed by atoms with Crippen molar-refractivity contribution in [3.63, 3.8) is 0 Å². The average molecular weight is 311 g/mol. The van der Waals surface area contributed by atoms with E-state index in [9.17, 15) is 4.79 Å². The van der Waals surface area contributed by atoms with E-state index in [1.54, 1.807) is 4.68 Å². The molecule has 0 unspecified atom stereocenters. The van der Waals surface area contributed by atoms with Gasteiger partial charge in [-0.1, -0.05) is 12.1 Å². The second kappa shape index (κ2) is 4.57. The van der Waals surface area contributed by atoms with Gasteiger partial charge >= 0.3 is 5.97 Å². The summed E-state index contributed by atoms with van der Waals surface area (Å²) < 4.78 is 1.54. The van der Waals surface area contributed by atoms with Gasteiger partial charge in [-0.3, -0.25) is 0 Å². The Kier molecular flexibility index (Phi) is 2.67. The lowest BCUT2D eigenvalue weighted by atomic mass is 10.3. The van der Waals surface area contributed by atoms with Crippen molar-refractivity contribution in [2.45, 2.75) is 6.92 Å². The number of benzene rings is 1. The number of rotatable bonds is 2. The maximum atomic E-state index is 11.0. The number of carbonyl (C=O) groups is 1. The molecule has 0 amide bonds. The number of thiazole rings is 1. The minimum Gasteiger partial charge on any atom is -0.476 e. The molecule has 0 aliphatic rings. The molecule has 0 spiro atoms. The number of hydrogen-bond acceptors (Lipinski definition) is 6. The topological polar surface area (TPSA) is 93.8 Å². The highest BCUT2D eigenvalue weighted by Gasteiger charge is 2.17. The Morgan fingerprint density at radius 3 is 2.59 bits per heavy atom. The van der Waals surface area contributed by atoms with Gasteiger partial charge in [0.1, 0.15) is 5.52 Å². The zero-order chi connectivity index (χ0) is 15.3. The molecule has 0 bridgehead atoms. The third-order valence-electron chi connectivity index (χ3n) is 3.24. The van der Waals surface area contributed by atoms with E-state index < -0.39 is 5.97 Å². The molecule has 108 valence electrons. The summed E-state index contributed by atoms with van der Waals surface area (Å²) in [5, 5.41) is 15.3. The molecule has 0 saturated heterocycles. The number of aromatic carboxylic acids is 1. The van der Waals surface area contributed by atoms with Crippen molar-refractivity contribution in [3.05, 3.63) is 41.0 Å². The van der Waals surface area contributed by atoms with Crippen LogP contribution in [0.2, 0.25) is 0 Å². The van der Waals surface area contributed by atoms with Gasteiger partial charge in [0.15, 0.2) is 11.3 Å². The van der Waals surface area contributed by atoms with Crippen molar-refractivity contribution >= 4 is 39.5 Å². The Hall–Kier alpha value is -2.87. The molecule has 0 radical (unpaired) electrons. The second-order valence-electron chi connectivity index (χ2n) is 4.70. The number of para-hydroxylation sites is 2. The van der Waals surface area contributed by atoms with Gasteiger partial charge in [0.25, 0.3) is 0 Å². The van der Waals surface area contributed by atoms with Crippen LogP contribution >= 0.6 is 11.3 Å². The Bertz CT molecular complexity index is 1040. The van der Waals surface area contributed by atoms with Crippen LogP contribution in [0.5, 0.6) is 0 Å². The van der Waals surface area contributed by atoms with Crippen molar-refractivity contribution in [1.82, 2.24) is 24.7 Å². The summed E-state index contributed by atoms with van der Waals surface area (Å²) in [5.74, 6) is -1.06. The SMILES string of the molecule is Cc1nn(-c2nc(C(=O)O)cs2)c2nc3ccccc3nc12. The molecule has 0 aliphatic heterocycles. The normalized spacial score (nSPS) is 11.3. The summed E-state index contributed by atoms with van der Waals surface area (Å²) in [6.07, 6.45) is 0. The van der Waals surface area contributed by atoms with Crippen molar-refractivity contribution in [2.75, 3.05) is 0 Å². The highest BCUT2D eigenvalue weighted by Crippen LogP contribution is 2.23. The lowest BCUT2D eigenvalue weighted by molar-refractivity contribution is 0.0691. The second-order valence-corrected chi connectivity index (χ2v) is 5.54. The maximum absolute atomic E-state index is 11.0. The fraction of sp³-hybridized carbons (Fsp3) is 0.0714. The molecule has 4 aromatic rings. The van der Waals surface area contributed by atoms with Crippen LogP contribution in [0.4, 0.5) is 0 Å². The Morgan fingerprint density at radius 2 is 1.91 bits per heavy atom. The molecule has 8 heteroatoms. The number of aryl methyl sites for hydroxylation is 1. The van der Waals surface area contributed by atoms with E-state index in [4.69, 9.17) is 5.11 Å². The van der Waals surface area contributed by atoms with E-state index in [1.165, 1.54) is 16.7 Å². The lowest BCUT2D eigenvalue weighted by Gasteiger charge is -1.99. The molecule has 0 fully saturated rings. The summed E-state index contributed by atoms with van der Waals surface area (Å²) in [6.45, 7) is 1.84. The first-order valence-corrected chi connectivity index (χ1v) is 7.33. The number of carboxylic acids is 1. The van der Waals surface area contributed by atoms with Crippen LogP contribution in [0, 0.1) is 6.92 Å². The molecule has 7 nitrogen and oxygen atoms in total. The van der Waals surface area contributed by atoms with Crippen LogP contribution in [0.15, 0.2) is 29.6 Å². The van der Waals surface area contributed by atoms with Crippen LogP contribution in [0.25, 0.3) is 27.3 Å². The minimum absolute atomic E-state index is 0.00458. The molecule has 0 saturated carbocycles. The molecule has 0 aliphatic carbocycles. The van der Waals surface area contributed by atoms with E-state index in [1.807, 2.05) is 31.2 Å². The molecule has 0 atom stereocenters. The van der Waals surface area contributed by atoms with Crippen LogP contribution in [-0.2, 0) is 0 Å². The van der Waals surface area contributed by atoms with Crippen molar-refractivity contribution < 1.29 is 9.90 Å². The standard InChI is InChI=1S/C14H9N5O2S/c1-7-11-12(16-9-5-3-2-4-8(9)15-11)19(18-7)14-17-10(6-22-14)13(20)21/h2-6H,1H3,(H,20,21). The monoisotopic (exact) mass is 311 g/mol. The zero-order valence-corrected chi connectivity index (χ0v) is 12.2. The molecule has 3 aromatic heterocycles. The van der Waals surface area contributed by atoms with Gasteiger partial charge in [0.05, 0.1) is 16.7 Å². The molecule has 3 heterocycles. The van der Waals surface area contributed by atoms with Gasteiger partial charge in [-0.15, -0.1) is 11.3 Å². The largest absolute Gasteiger partial charge is 0.476 e. The van der Waals surface area contributed by atoms with Gasteiger partial charge < -0.3 is 5.11 Å². The molecule has 22 heavy (non-hydrogen) atoms. The van der Waals surface area contributed by atoms with Gasteiger partial charge in [0, 0.05) is 5.38 Å². The first-order chi connectivity index (χ1) is 10.6. The van der Waals surface area contributed by atoms with E-state index in [0.717, 1.165) is 16.7 Å². The summed E-state index contributed by atoms with van der Waals surface area (Å²) in [7, 11) is 0. The number of carboxylic acid groups (broad SMARTS) is 1. The molecule has 1 N–H and O–H groups in total. The van der Waals surface area contributed by atoms with Gasteiger partial charge in [-0.05, 0) is 19.1 Å². The van der Waals surface area contributed by atoms with E-state index in [0.29, 0.717) is 16.3 Å². The number of nitrogens with zero attached hydrogens (tertiary/aromatic N) is 5. The average Bonchev–Trinajstić information content (AvgIpc) is 3.11. The Labute approximate surface area is 127 Å². The van der Waals surface area contributed by atoms with Gasteiger partial charge in [-0.25, -0.2) is 19.7 Å². The molecular weight excluding hydrogens is 302 g/mol. The highest BCUT2D eigenvalue weighted by molar-refractivity contribution is 7.12. The third-order valence-corrected chi connectivity index (χ3v) is 4.05. The van der Waals surface area contributed by atoms with Crippen molar-refractivity contribution in [2.24, 2.45) is 0 Å². The van der Waals surface area contributed by atoms with Gasteiger partial charge in [0.2, 0.25) is 5.13 Å². The highest BCUT2D eigenvalue weighted by atomic mass is 32.1. The summed E-state index contributed by atoms with van der Waals surface area (Å²) >= 11 is 1.21. The zero-order valence-electron chi connectivity index (χ0n) is 11.4. The van der Waals surface area contributed by atoms with Crippen molar-refractivity contribution in [1.29, 1.82) is 0 Å².